The number of rotatable bonds is 3. The molecule has 0 aromatic carbocycles. The molecule has 1 aliphatic heterocycles. The minimum Gasteiger partial charge on any atom is -0.443 e. The third kappa shape index (κ3) is 7.40. The molecule has 0 radical (unpaired) electrons. The average molecular weight is 398 g/mol. The highest BCUT2D eigenvalue weighted by molar-refractivity contribution is 6.39. The van der Waals surface area contributed by atoms with Crippen LogP contribution in [0.5, 0.6) is 0 Å². The molecular weight excluding hydrogens is 374 g/mol. The van der Waals surface area contributed by atoms with Gasteiger partial charge in [-0.15, -0.1) is 0 Å². The fourth-order valence-corrected chi connectivity index (χ4v) is 2.55. The maximum Gasteiger partial charge on any atom is 0.422 e. The molecule has 1 aliphatic rings. The summed E-state index contributed by atoms with van der Waals surface area (Å²) in [5, 5.41) is 7.26. The standard InChI is InChI=1S/C17H24ClN5O4/c1-17(2,3)27-16(26)22-23-8-6-12(7-9-23)20-14(24)15(25)21-13-5-4-11(18)10-19-13/h4-5,10,12H,6-9H2,1-3H3,(H,20,24)(H,22,26)(H,19,21,25). The van der Waals surface area contributed by atoms with Crippen molar-refractivity contribution in [2.45, 2.75) is 45.3 Å². The van der Waals surface area contributed by atoms with Crippen LogP contribution in [0.15, 0.2) is 18.3 Å². The Labute approximate surface area is 162 Å². The maximum absolute atomic E-state index is 12.0. The molecule has 148 valence electrons. The lowest BCUT2D eigenvalue weighted by molar-refractivity contribution is -0.136. The van der Waals surface area contributed by atoms with E-state index in [4.69, 9.17) is 16.3 Å². The molecule has 0 spiro atoms. The van der Waals surface area contributed by atoms with Crippen LogP contribution in [0.4, 0.5) is 10.6 Å². The fourth-order valence-electron chi connectivity index (χ4n) is 2.44. The first-order valence-corrected chi connectivity index (χ1v) is 8.98. The van der Waals surface area contributed by atoms with Gasteiger partial charge in [-0.05, 0) is 45.7 Å². The molecule has 0 saturated carbocycles. The van der Waals surface area contributed by atoms with Crippen LogP contribution in [0.25, 0.3) is 0 Å². The monoisotopic (exact) mass is 397 g/mol. The summed E-state index contributed by atoms with van der Waals surface area (Å²) in [5.41, 5.74) is 2.10. The summed E-state index contributed by atoms with van der Waals surface area (Å²) >= 11 is 5.72. The molecule has 1 aromatic heterocycles. The molecule has 27 heavy (non-hydrogen) atoms. The summed E-state index contributed by atoms with van der Waals surface area (Å²) < 4.78 is 5.20. The first-order chi connectivity index (χ1) is 12.6. The zero-order valence-corrected chi connectivity index (χ0v) is 16.3. The van der Waals surface area contributed by atoms with E-state index in [0.29, 0.717) is 31.0 Å². The minimum absolute atomic E-state index is 0.155. The Bertz CT molecular complexity index is 682. The number of amides is 3. The Balaban J connectivity index is 1.73. The van der Waals surface area contributed by atoms with Gasteiger partial charge in [0.15, 0.2) is 0 Å². The van der Waals surface area contributed by atoms with Crippen molar-refractivity contribution in [2.75, 3.05) is 18.4 Å². The normalized spacial score (nSPS) is 15.7. The van der Waals surface area contributed by atoms with E-state index >= 15 is 0 Å². The number of nitrogens with zero attached hydrogens (tertiary/aromatic N) is 2. The van der Waals surface area contributed by atoms with E-state index in [-0.39, 0.29) is 11.9 Å². The molecular formula is C17H24ClN5O4. The number of aromatic nitrogens is 1. The highest BCUT2D eigenvalue weighted by Crippen LogP contribution is 2.12. The maximum atomic E-state index is 12.0. The molecule has 1 aromatic rings. The van der Waals surface area contributed by atoms with Gasteiger partial charge in [-0.1, -0.05) is 11.6 Å². The average Bonchev–Trinajstić information content (AvgIpc) is 2.57. The van der Waals surface area contributed by atoms with Crippen molar-refractivity contribution in [3.05, 3.63) is 23.4 Å². The third-order valence-corrected chi connectivity index (χ3v) is 3.88. The van der Waals surface area contributed by atoms with Gasteiger partial charge >= 0.3 is 17.9 Å². The molecule has 2 heterocycles. The van der Waals surface area contributed by atoms with Crippen molar-refractivity contribution in [1.29, 1.82) is 0 Å². The molecule has 0 atom stereocenters. The number of ether oxygens (including phenoxy) is 1. The Morgan fingerprint density at radius 3 is 2.41 bits per heavy atom. The third-order valence-electron chi connectivity index (χ3n) is 3.65. The van der Waals surface area contributed by atoms with Crippen molar-refractivity contribution in [2.24, 2.45) is 0 Å². The molecule has 0 aliphatic carbocycles. The Kier molecular flexibility index (Phi) is 6.98. The highest BCUT2D eigenvalue weighted by Gasteiger charge is 2.25. The van der Waals surface area contributed by atoms with E-state index in [9.17, 15) is 14.4 Å². The van der Waals surface area contributed by atoms with Crippen LogP contribution in [-0.2, 0) is 14.3 Å². The van der Waals surface area contributed by atoms with Crippen LogP contribution in [-0.4, -0.2) is 52.6 Å². The number of hydrazine groups is 1. The molecule has 2 rings (SSSR count). The van der Waals surface area contributed by atoms with Crippen molar-refractivity contribution < 1.29 is 19.1 Å². The van der Waals surface area contributed by atoms with E-state index < -0.39 is 23.5 Å². The largest absolute Gasteiger partial charge is 0.443 e. The zero-order chi connectivity index (χ0) is 20.0. The first kappa shape index (κ1) is 20.9. The van der Waals surface area contributed by atoms with Crippen LogP contribution in [0, 0.1) is 0 Å². The quantitative estimate of drug-likeness (QED) is 0.669. The van der Waals surface area contributed by atoms with Crippen LogP contribution in [0.2, 0.25) is 5.02 Å². The van der Waals surface area contributed by atoms with Gasteiger partial charge in [0, 0.05) is 25.3 Å². The van der Waals surface area contributed by atoms with Gasteiger partial charge in [-0.25, -0.2) is 14.8 Å². The highest BCUT2D eigenvalue weighted by atomic mass is 35.5. The Morgan fingerprint density at radius 1 is 1.19 bits per heavy atom. The number of hydrogen-bond donors (Lipinski definition) is 3. The second-order valence-corrected chi connectivity index (χ2v) is 7.60. The summed E-state index contributed by atoms with van der Waals surface area (Å²) in [6.45, 7) is 6.44. The van der Waals surface area contributed by atoms with Crippen molar-refractivity contribution in [3.8, 4) is 0 Å². The predicted molar refractivity (Wildman–Crippen MR) is 100.0 cm³/mol. The van der Waals surface area contributed by atoms with Gasteiger partial charge in [-0.2, -0.15) is 0 Å². The lowest BCUT2D eigenvalue weighted by atomic mass is 10.1. The fraction of sp³-hybridized carbons (Fsp3) is 0.529. The van der Waals surface area contributed by atoms with E-state index in [1.807, 2.05) is 0 Å². The van der Waals surface area contributed by atoms with E-state index in [0.717, 1.165) is 0 Å². The summed E-state index contributed by atoms with van der Waals surface area (Å²) in [4.78, 5) is 39.6. The van der Waals surface area contributed by atoms with Crippen LogP contribution in [0.3, 0.4) is 0 Å². The molecule has 3 N–H and O–H groups in total. The Hall–Kier alpha value is -2.39. The number of carbonyl (C=O) groups is 3. The topological polar surface area (TPSA) is 113 Å². The van der Waals surface area contributed by atoms with Gasteiger partial charge < -0.3 is 15.4 Å². The number of anilines is 1. The smallest absolute Gasteiger partial charge is 0.422 e. The summed E-state index contributed by atoms with van der Waals surface area (Å²) in [5.74, 6) is -1.28. The first-order valence-electron chi connectivity index (χ1n) is 8.60. The summed E-state index contributed by atoms with van der Waals surface area (Å²) in [7, 11) is 0. The molecule has 10 heteroatoms. The molecule has 1 saturated heterocycles. The Morgan fingerprint density at radius 2 is 1.85 bits per heavy atom. The number of pyridine rings is 1. The lowest BCUT2D eigenvalue weighted by Crippen LogP contribution is -2.53. The predicted octanol–water partition coefficient (Wildman–Crippen LogP) is 1.69. The number of halogens is 1. The van der Waals surface area contributed by atoms with E-state index in [2.05, 4.69) is 21.0 Å². The van der Waals surface area contributed by atoms with E-state index in [1.165, 1.54) is 12.3 Å². The van der Waals surface area contributed by atoms with Crippen LogP contribution < -0.4 is 16.1 Å². The number of piperidine rings is 1. The molecule has 0 unspecified atom stereocenters. The van der Waals surface area contributed by atoms with E-state index in [1.54, 1.807) is 31.8 Å². The second kappa shape index (κ2) is 9.01. The number of hydrogen-bond acceptors (Lipinski definition) is 6. The van der Waals surface area contributed by atoms with Crippen molar-refractivity contribution in [1.82, 2.24) is 20.7 Å². The van der Waals surface area contributed by atoms with Crippen molar-refractivity contribution in [3.63, 3.8) is 0 Å². The second-order valence-electron chi connectivity index (χ2n) is 7.16. The molecule has 1 fully saturated rings. The molecule has 9 nitrogen and oxygen atoms in total. The van der Waals surface area contributed by atoms with Crippen LogP contribution >= 0.6 is 11.6 Å². The SMILES string of the molecule is CC(C)(C)OC(=O)NN1CCC(NC(=O)C(=O)Nc2ccc(Cl)cn2)CC1. The summed E-state index contributed by atoms with van der Waals surface area (Å²) in [6.07, 6.45) is 2.05. The molecule has 3 amide bonds. The number of nitrogens with one attached hydrogen (secondary N) is 3. The molecule has 0 bridgehead atoms. The van der Waals surface area contributed by atoms with Gasteiger partial charge in [0.25, 0.3) is 0 Å². The van der Waals surface area contributed by atoms with Gasteiger partial charge in [-0.3, -0.25) is 15.0 Å². The lowest BCUT2D eigenvalue weighted by Gasteiger charge is -2.32. The van der Waals surface area contributed by atoms with Crippen LogP contribution in [0.1, 0.15) is 33.6 Å². The number of carbonyl (C=O) groups excluding carboxylic acids is 3. The minimum atomic E-state index is -0.792. The zero-order valence-electron chi connectivity index (χ0n) is 15.5. The van der Waals surface area contributed by atoms with Gasteiger partial charge in [0.05, 0.1) is 5.02 Å². The van der Waals surface area contributed by atoms with Crippen molar-refractivity contribution >= 4 is 35.3 Å². The van der Waals surface area contributed by atoms with Gasteiger partial charge in [0.1, 0.15) is 11.4 Å². The van der Waals surface area contributed by atoms with Gasteiger partial charge in [0.2, 0.25) is 0 Å². The summed E-state index contributed by atoms with van der Waals surface area (Å²) in [6, 6.07) is 2.92.